The van der Waals surface area contributed by atoms with Crippen LogP contribution in [0.15, 0.2) is 40.4 Å². The van der Waals surface area contributed by atoms with Gasteiger partial charge in [0.15, 0.2) is 0 Å². The average molecular weight is 311 g/mol. The first-order valence-corrected chi connectivity index (χ1v) is 6.85. The fraction of sp³-hybridized carbons (Fsp3) is 0.167. The number of nitrogens with one attached hydrogen (secondary N) is 1. The number of amides is 1. The molecule has 0 atom stereocenters. The third kappa shape index (κ3) is 3.38. The van der Waals surface area contributed by atoms with Crippen molar-refractivity contribution >= 4 is 33.2 Å². The molecule has 0 spiro atoms. The van der Waals surface area contributed by atoms with Gasteiger partial charge in [0.2, 0.25) is 0 Å². The molecule has 0 aliphatic carbocycles. The van der Waals surface area contributed by atoms with E-state index in [-0.39, 0.29) is 5.91 Å². The first kappa shape index (κ1) is 12.3. The molecule has 0 unspecified atom stereocenters. The molecular weight excluding hydrogens is 300 g/mol. The van der Waals surface area contributed by atoms with E-state index in [0.717, 1.165) is 15.8 Å². The van der Waals surface area contributed by atoms with Crippen LogP contribution in [0, 0.1) is 0 Å². The molecule has 0 fully saturated rings. The lowest BCUT2D eigenvalue weighted by Crippen LogP contribution is -2.25. The fourth-order valence-electron chi connectivity index (χ4n) is 1.41. The van der Waals surface area contributed by atoms with E-state index in [0.29, 0.717) is 6.54 Å². The zero-order chi connectivity index (χ0) is 12.1. The fourth-order valence-corrected chi connectivity index (χ4v) is 2.87. The number of aromatic nitrogens is 1. The molecule has 1 N–H and O–H groups in total. The van der Waals surface area contributed by atoms with Crippen LogP contribution >= 0.6 is 27.3 Å². The quantitative estimate of drug-likeness (QED) is 0.943. The van der Waals surface area contributed by atoms with Crippen molar-refractivity contribution < 1.29 is 4.79 Å². The van der Waals surface area contributed by atoms with Gasteiger partial charge in [-0.15, -0.1) is 11.3 Å². The van der Waals surface area contributed by atoms with E-state index in [1.165, 1.54) is 16.9 Å². The second-order valence-electron chi connectivity index (χ2n) is 3.46. The SMILES string of the molecule is O=C(NCCc1ccncc1)c1sccc1Br. The lowest BCUT2D eigenvalue weighted by molar-refractivity contribution is 0.0957. The number of thiophene rings is 1. The van der Waals surface area contributed by atoms with Crippen molar-refractivity contribution in [3.8, 4) is 0 Å². The Morgan fingerprint density at radius 2 is 2.12 bits per heavy atom. The molecule has 5 heteroatoms. The Hall–Kier alpha value is -1.20. The van der Waals surface area contributed by atoms with Gasteiger partial charge in [0, 0.05) is 23.4 Å². The Morgan fingerprint density at radius 1 is 1.35 bits per heavy atom. The van der Waals surface area contributed by atoms with E-state index >= 15 is 0 Å². The summed E-state index contributed by atoms with van der Waals surface area (Å²) in [5.41, 5.74) is 1.17. The molecule has 2 aromatic heterocycles. The van der Waals surface area contributed by atoms with Gasteiger partial charge < -0.3 is 5.32 Å². The van der Waals surface area contributed by atoms with Crippen LogP contribution in [-0.2, 0) is 6.42 Å². The third-order valence-electron chi connectivity index (χ3n) is 2.27. The molecule has 2 aromatic rings. The average Bonchev–Trinajstić information content (AvgIpc) is 2.77. The number of carbonyl (C=O) groups excluding carboxylic acids is 1. The van der Waals surface area contributed by atoms with Gasteiger partial charge in [0.05, 0.1) is 0 Å². The van der Waals surface area contributed by atoms with Gasteiger partial charge in [-0.2, -0.15) is 0 Å². The predicted octanol–water partition coefficient (Wildman–Crippen LogP) is 2.88. The third-order valence-corrected chi connectivity index (χ3v) is 4.11. The summed E-state index contributed by atoms with van der Waals surface area (Å²) < 4.78 is 0.851. The van der Waals surface area contributed by atoms with Gasteiger partial charge in [-0.05, 0) is 51.5 Å². The maximum Gasteiger partial charge on any atom is 0.262 e. The van der Waals surface area contributed by atoms with Crippen molar-refractivity contribution in [3.05, 3.63) is 50.9 Å². The zero-order valence-corrected chi connectivity index (χ0v) is 11.4. The van der Waals surface area contributed by atoms with Gasteiger partial charge >= 0.3 is 0 Å². The molecule has 0 aromatic carbocycles. The van der Waals surface area contributed by atoms with Crippen molar-refractivity contribution in [1.82, 2.24) is 10.3 Å². The molecule has 88 valence electrons. The highest BCUT2D eigenvalue weighted by atomic mass is 79.9. The molecule has 2 rings (SSSR count). The van der Waals surface area contributed by atoms with E-state index in [1.807, 2.05) is 23.6 Å². The first-order valence-electron chi connectivity index (χ1n) is 5.17. The minimum absolute atomic E-state index is 0.0269. The van der Waals surface area contributed by atoms with Crippen LogP contribution in [-0.4, -0.2) is 17.4 Å². The van der Waals surface area contributed by atoms with Crippen LogP contribution in [0.3, 0.4) is 0 Å². The van der Waals surface area contributed by atoms with Gasteiger partial charge in [0.25, 0.3) is 5.91 Å². The van der Waals surface area contributed by atoms with Crippen molar-refractivity contribution in [3.63, 3.8) is 0 Å². The van der Waals surface area contributed by atoms with Crippen LogP contribution in [0.2, 0.25) is 0 Å². The van der Waals surface area contributed by atoms with Crippen molar-refractivity contribution in [1.29, 1.82) is 0 Å². The van der Waals surface area contributed by atoms with Gasteiger partial charge in [-0.3, -0.25) is 9.78 Å². The molecule has 0 radical (unpaired) electrons. The molecule has 0 aliphatic heterocycles. The summed E-state index contributed by atoms with van der Waals surface area (Å²) >= 11 is 4.78. The van der Waals surface area contributed by atoms with E-state index in [2.05, 4.69) is 26.2 Å². The van der Waals surface area contributed by atoms with Gasteiger partial charge in [-0.1, -0.05) is 0 Å². The predicted molar refractivity (Wildman–Crippen MR) is 72.3 cm³/mol. The molecule has 1 amide bonds. The first-order chi connectivity index (χ1) is 8.27. The molecule has 0 saturated heterocycles. The number of carbonyl (C=O) groups is 1. The maximum atomic E-state index is 11.8. The topological polar surface area (TPSA) is 42.0 Å². The second kappa shape index (κ2) is 5.93. The van der Waals surface area contributed by atoms with E-state index < -0.39 is 0 Å². The number of hydrogen-bond donors (Lipinski definition) is 1. The Kier molecular flexibility index (Phi) is 4.28. The number of rotatable bonds is 4. The Morgan fingerprint density at radius 3 is 2.76 bits per heavy atom. The molecule has 2 heterocycles. The lowest BCUT2D eigenvalue weighted by atomic mass is 10.2. The summed E-state index contributed by atoms with van der Waals surface area (Å²) in [6, 6.07) is 5.78. The summed E-state index contributed by atoms with van der Waals surface area (Å²) in [5, 5.41) is 4.79. The maximum absolute atomic E-state index is 11.8. The normalized spacial score (nSPS) is 10.2. The smallest absolute Gasteiger partial charge is 0.262 e. The summed E-state index contributed by atoms with van der Waals surface area (Å²) in [6.45, 7) is 0.632. The standard InChI is InChI=1S/C12H11BrN2OS/c13-10-4-8-17-11(10)12(16)15-7-3-9-1-5-14-6-2-9/h1-2,4-6,8H,3,7H2,(H,15,16). The lowest BCUT2D eigenvalue weighted by Gasteiger charge is -2.04. The van der Waals surface area contributed by atoms with Crippen molar-refractivity contribution in [2.75, 3.05) is 6.54 Å². The van der Waals surface area contributed by atoms with E-state index in [1.54, 1.807) is 12.4 Å². The Labute approximate surface area is 112 Å². The summed E-state index contributed by atoms with van der Waals surface area (Å²) in [7, 11) is 0. The highest BCUT2D eigenvalue weighted by molar-refractivity contribution is 9.10. The monoisotopic (exact) mass is 310 g/mol. The van der Waals surface area contributed by atoms with Crippen LogP contribution in [0.5, 0.6) is 0 Å². The van der Waals surface area contributed by atoms with Crippen molar-refractivity contribution in [2.24, 2.45) is 0 Å². The Balaban J connectivity index is 1.84. The number of pyridine rings is 1. The molecule has 0 bridgehead atoms. The molecule has 0 saturated carbocycles. The molecule has 3 nitrogen and oxygen atoms in total. The number of halogens is 1. The minimum atomic E-state index is -0.0269. The largest absolute Gasteiger partial charge is 0.351 e. The highest BCUT2D eigenvalue weighted by Crippen LogP contribution is 2.22. The molecule has 17 heavy (non-hydrogen) atoms. The van der Waals surface area contributed by atoms with E-state index in [9.17, 15) is 4.79 Å². The minimum Gasteiger partial charge on any atom is -0.351 e. The van der Waals surface area contributed by atoms with Crippen LogP contribution < -0.4 is 5.32 Å². The van der Waals surface area contributed by atoms with Crippen LogP contribution in [0.1, 0.15) is 15.2 Å². The van der Waals surface area contributed by atoms with Gasteiger partial charge in [0.1, 0.15) is 4.88 Å². The second-order valence-corrected chi connectivity index (χ2v) is 5.23. The van der Waals surface area contributed by atoms with Crippen molar-refractivity contribution in [2.45, 2.75) is 6.42 Å². The Bertz CT molecular complexity index is 498. The zero-order valence-electron chi connectivity index (χ0n) is 9.02. The van der Waals surface area contributed by atoms with Gasteiger partial charge in [-0.25, -0.2) is 0 Å². The van der Waals surface area contributed by atoms with E-state index in [4.69, 9.17) is 0 Å². The van der Waals surface area contributed by atoms with Crippen LogP contribution in [0.4, 0.5) is 0 Å². The summed E-state index contributed by atoms with van der Waals surface area (Å²) in [4.78, 5) is 16.4. The molecule has 0 aliphatic rings. The van der Waals surface area contributed by atoms with Crippen LogP contribution in [0.25, 0.3) is 0 Å². The molecular formula is C12H11BrN2OS. The number of nitrogens with zero attached hydrogens (tertiary/aromatic N) is 1. The summed E-state index contributed by atoms with van der Waals surface area (Å²) in [5.74, 6) is -0.0269. The number of hydrogen-bond acceptors (Lipinski definition) is 3. The summed E-state index contributed by atoms with van der Waals surface area (Å²) in [6.07, 6.45) is 4.33. The highest BCUT2D eigenvalue weighted by Gasteiger charge is 2.10.